The molecule has 1 aromatic heterocycles. The largest absolute Gasteiger partial charge is 0.516 e. The minimum absolute atomic E-state index is 0.143. The van der Waals surface area contributed by atoms with Gasteiger partial charge in [0.25, 0.3) is 5.95 Å². The van der Waals surface area contributed by atoms with Crippen molar-refractivity contribution < 1.29 is 23.4 Å². The molecule has 2 heterocycles. The summed E-state index contributed by atoms with van der Waals surface area (Å²) in [6.45, 7) is 8.61. The fourth-order valence-electron chi connectivity index (χ4n) is 4.38. The summed E-state index contributed by atoms with van der Waals surface area (Å²) >= 11 is 0. The van der Waals surface area contributed by atoms with Crippen molar-refractivity contribution in [2.45, 2.75) is 45.7 Å². The number of piperidine rings is 1. The molecule has 7 heteroatoms. The van der Waals surface area contributed by atoms with Crippen molar-refractivity contribution in [2.75, 3.05) is 32.8 Å². The molecule has 2 aromatic carbocycles. The number of fused-ring (bicyclic) bond motifs is 1. The van der Waals surface area contributed by atoms with Gasteiger partial charge in [-0.3, -0.25) is 4.90 Å². The zero-order valence-electron chi connectivity index (χ0n) is 20.0. The first-order chi connectivity index (χ1) is 16.6. The van der Waals surface area contributed by atoms with Crippen molar-refractivity contribution in [3.8, 4) is 11.7 Å². The number of benzene rings is 2. The third-order valence-electron chi connectivity index (χ3n) is 6.16. The van der Waals surface area contributed by atoms with Gasteiger partial charge in [-0.05, 0) is 70.4 Å². The van der Waals surface area contributed by atoms with E-state index in [9.17, 15) is 4.79 Å². The first-order valence-corrected chi connectivity index (χ1v) is 12.1. The summed E-state index contributed by atoms with van der Waals surface area (Å²) in [6, 6.07) is 16.9. The van der Waals surface area contributed by atoms with E-state index in [0.29, 0.717) is 18.2 Å². The van der Waals surface area contributed by atoms with E-state index >= 15 is 0 Å². The number of likely N-dealkylation sites (tertiary alicyclic amines) is 1. The lowest BCUT2D eigenvalue weighted by Gasteiger charge is -2.32. The summed E-state index contributed by atoms with van der Waals surface area (Å²) in [4.78, 5) is 14.2. The third kappa shape index (κ3) is 6.30. The van der Waals surface area contributed by atoms with Gasteiger partial charge in [-0.1, -0.05) is 36.4 Å². The van der Waals surface area contributed by atoms with Gasteiger partial charge in [-0.2, -0.15) is 0 Å². The first kappa shape index (κ1) is 24.1. The average molecular weight is 467 g/mol. The fourth-order valence-corrected chi connectivity index (χ4v) is 4.38. The highest BCUT2D eigenvalue weighted by Crippen LogP contribution is 2.37. The molecule has 0 saturated carbocycles. The van der Waals surface area contributed by atoms with Crippen LogP contribution in [0.15, 0.2) is 52.9 Å². The molecule has 7 nitrogen and oxygen atoms in total. The van der Waals surface area contributed by atoms with E-state index in [4.69, 9.17) is 18.6 Å². The molecule has 4 rings (SSSR count). The van der Waals surface area contributed by atoms with Crippen LogP contribution in [0, 0.1) is 6.92 Å². The van der Waals surface area contributed by atoms with Gasteiger partial charge in [0.2, 0.25) is 0 Å². The third-order valence-corrected chi connectivity index (χ3v) is 6.16. The Morgan fingerprint density at radius 2 is 1.91 bits per heavy atom. The lowest BCUT2D eigenvalue weighted by molar-refractivity contribution is 0.0953. The Morgan fingerprint density at radius 3 is 2.68 bits per heavy atom. The van der Waals surface area contributed by atoms with Crippen LogP contribution in [0.4, 0.5) is 4.79 Å². The van der Waals surface area contributed by atoms with Crippen molar-refractivity contribution >= 4 is 17.1 Å². The normalized spacial score (nSPS) is 14.9. The molecule has 1 N–H and O–H groups in total. The molecule has 1 aliphatic rings. The maximum atomic E-state index is 11.7. The summed E-state index contributed by atoms with van der Waals surface area (Å²) in [5, 5.41) is 4.50. The van der Waals surface area contributed by atoms with Crippen LogP contribution in [0.2, 0.25) is 0 Å². The maximum Gasteiger partial charge on any atom is 0.516 e. The van der Waals surface area contributed by atoms with Gasteiger partial charge in [-0.15, -0.1) is 0 Å². The summed E-state index contributed by atoms with van der Waals surface area (Å²) in [5.41, 5.74) is 2.72. The van der Waals surface area contributed by atoms with Gasteiger partial charge in [0.15, 0.2) is 0 Å². The quantitative estimate of drug-likeness (QED) is 0.321. The summed E-state index contributed by atoms with van der Waals surface area (Å²) < 4.78 is 21.8. The van der Waals surface area contributed by atoms with Crippen molar-refractivity contribution in [1.82, 2.24) is 10.2 Å². The molecule has 1 fully saturated rings. The van der Waals surface area contributed by atoms with E-state index in [1.165, 1.54) is 18.4 Å². The Balaban J connectivity index is 1.20. The van der Waals surface area contributed by atoms with Gasteiger partial charge >= 0.3 is 6.16 Å². The topological polar surface area (TPSA) is 73.2 Å². The number of nitrogens with one attached hydrogen (secondary N) is 1. The molecule has 0 unspecified atom stereocenters. The van der Waals surface area contributed by atoms with Gasteiger partial charge in [0, 0.05) is 18.2 Å². The molecule has 1 aliphatic heterocycles. The van der Waals surface area contributed by atoms with Gasteiger partial charge < -0.3 is 23.9 Å². The molecule has 0 atom stereocenters. The maximum absolute atomic E-state index is 11.7. The Morgan fingerprint density at radius 1 is 1.12 bits per heavy atom. The van der Waals surface area contributed by atoms with E-state index in [0.717, 1.165) is 49.3 Å². The molecular formula is C27H34N2O5. The zero-order valence-corrected chi connectivity index (χ0v) is 20.0. The van der Waals surface area contributed by atoms with Crippen LogP contribution in [0.5, 0.6) is 11.7 Å². The van der Waals surface area contributed by atoms with Crippen LogP contribution in [-0.4, -0.2) is 49.9 Å². The highest BCUT2D eigenvalue weighted by Gasteiger charge is 2.20. The number of hydrogen-bond acceptors (Lipinski definition) is 7. The van der Waals surface area contributed by atoms with Crippen molar-refractivity contribution in [2.24, 2.45) is 0 Å². The highest BCUT2D eigenvalue weighted by atomic mass is 16.8. The number of carbonyl (C=O) groups excluding carboxylic acids is 1. The Bertz CT molecular complexity index is 1060. The lowest BCUT2D eigenvalue weighted by Crippen LogP contribution is -2.42. The number of hydrogen-bond donors (Lipinski definition) is 1. The Hall–Kier alpha value is -3.03. The molecule has 34 heavy (non-hydrogen) atoms. The van der Waals surface area contributed by atoms with Crippen LogP contribution < -0.4 is 14.8 Å². The molecule has 0 amide bonds. The van der Waals surface area contributed by atoms with Crippen LogP contribution in [-0.2, 0) is 11.3 Å². The monoisotopic (exact) mass is 466 g/mol. The van der Waals surface area contributed by atoms with E-state index in [2.05, 4.69) is 40.5 Å². The second-order valence-electron chi connectivity index (χ2n) is 8.62. The van der Waals surface area contributed by atoms with Crippen LogP contribution in [0.25, 0.3) is 11.0 Å². The highest BCUT2D eigenvalue weighted by molar-refractivity contribution is 5.89. The van der Waals surface area contributed by atoms with E-state index in [1.807, 2.05) is 25.1 Å². The first-order valence-electron chi connectivity index (χ1n) is 12.1. The minimum atomic E-state index is -0.774. The number of ether oxygens (including phenoxy) is 3. The van der Waals surface area contributed by atoms with Crippen molar-refractivity contribution in [3.05, 3.63) is 59.7 Å². The van der Waals surface area contributed by atoms with Gasteiger partial charge in [-0.25, -0.2) is 4.79 Å². The predicted octanol–water partition coefficient (Wildman–Crippen LogP) is 5.30. The van der Waals surface area contributed by atoms with Crippen molar-refractivity contribution in [3.63, 3.8) is 0 Å². The SMILES string of the molecule is CCOC(=O)Oc1oc2cccc(OCCCNC3CCN(Cc4ccccc4)CC3)c2c1C. The fraction of sp³-hybridized carbons (Fsp3) is 0.444. The number of rotatable bonds is 10. The van der Waals surface area contributed by atoms with Crippen LogP contribution in [0.3, 0.4) is 0 Å². The standard InChI is InChI=1S/C27H34N2O5/c1-3-31-27(30)34-26-20(2)25-23(11-7-12-24(25)33-26)32-18-8-15-28-22-13-16-29(17-14-22)19-21-9-5-4-6-10-21/h4-7,9-12,22,28H,3,8,13-19H2,1-2H3. The summed E-state index contributed by atoms with van der Waals surface area (Å²) in [6.07, 6.45) is 2.47. The van der Waals surface area contributed by atoms with Crippen molar-refractivity contribution in [1.29, 1.82) is 0 Å². The molecule has 0 bridgehead atoms. The van der Waals surface area contributed by atoms with E-state index in [-0.39, 0.29) is 12.6 Å². The minimum Gasteiger partial charge on any atom is -0.493 e. The molecular weight excluding hydrogens is 432 g/mol. The average Bonchev–Trinajstić information content (AvgIpc) is 3.16. The Labute approximate surface area is 201 Å². The summed E-state index contributed by atoms with van der Waals surface area (Å²) in [7, 11) is 0. The molecule has 0 radical (unpaired) electrons. The second kappa shape index (κ2) is 11.9. The lowest BCUT2D eigenvalue weighted by atomic mass is 10.0. The van der Waals surface area contributed by atoms with Crippen LogP contribution in [0.1, 0.15) is 37.3 Å². The molecule has 1 saturated heterocycles. The molecule has 182 valence electrons. The molecule has 0 spiro atoms. The Kier molecular flexibility index (Phi) is 8.44. The van der Waals surface area contributed by atoms with Crippen LogP contribution >= 0.6 is 0 Å². The predicted molar refractivity (Wildman–Crippen MR) is 131 cm³/mol. The number of nitrogens with zero attached hydrogens (tertiary/aromatic N) is 1. The van der Waals surface area contributed by atoms with E-state index in [1.54, 1.807) is 6.92 Å². The smallest absolute Gasteiger partial charge is 0.493 e. The second-order valence-corrected chi connectivity index (χ2v) is 8.62. The summed E-state index contributed by atoms with van der Waals surface area (Å²) in [5.74, 6) is 0.872. The zero-order chi connectivity index (χ0) is 23.8. The molecule has 0 aliphatic carbocycles. The number of carbonyl (C=O) groups is 1. The number of aryl methyl sites for hydroxylation is 1. The van der Waals surface area contributed by atoms with E-state index < -0.39 is 6.16 Å². The molecule has 3 aromatic rings. The number of furan rings is 1. The van der Waals surface area contributed by atoms with Gasteiger partial charge in [0.1, 0.15) is 11.3 Å². The van der Waals surface area contributed by atoms with Gasteiger partial charge in [0.05, 0.1) is 18.6 Å².